The van der Waals surface area contributed by atoms with Gasteiger partial charge in [-0.1, -0.05) is 12.8 Å². The van der Waals surface area contributed by atoms with E-state index in [-0.39, 0.29) is 11.8 Å². The van der Waals surface area contributed by atoms with Crippen LogP contribution in [0, 0.1) is 0 Å². The molecule has 9 nitrogen and oxygen atoms in total. The zero-order valence-electron chi connectivity index (χ0n) is 20.2. The number of halogens is 1. The summed E-state index contributed by atoms with van der Waals surface area (Å²) in [5, 5.41) is 10.3. The van der Waals surface area contributed by atoms with Crippen molar-refractivity contribution < 1.29 is 14.3 Å². The molecule has 1 amide bonds. The van der Waals surface area contributed by atoms with Crippen LogP contribution in [0.5, 0.6) is 11.5 Å². The zero-order chi connectivity index (χ0) is 24.1. The van der Waals surface area contributed by atoms with Crippen LogP contribution in [0.1, 0.15) is 32.1 Å². The summed E-state index contributed by atoms with van der Waals surface area (Å²) < 4.78 is 10.9. The molecule has 0 fully saturated rings. The molecule has 0 aliphatic rings. The number of amides is 1. The molecule has 33 heavy (non-hydrogen) atoms. The predicted molar refractivity (Wildman–Crippen MR) is 135 cm³/mol. The standard InChI is InChI=1S/C23H37ClN6O3/c1-30(2)13-8-6-5-7-10-26-22-17-14-19(32-3)20(33-4)15-18(17)28-23(29-22)27-12-9-11-25-21(31)16-24/h14-15H,5-13,16H2,1-4H3,(H,25,31)(H2,26,27,28,29). The van der Waals surface area contributed by atoms with Crippen LogP contribution in [-0.4, -0.2) is 81.1 Å². The maximum absolute atomic E-state index is 11.2. The number of nitrogens with one attached hydrogen (secondary N) is 3. The number of fused-ring (bicyclic) bond motifs is 1. The number of carbonyl (C=O) groups excluding carboxylic acids is 1. The summed E-state index contributed by atoms with van der Waals surface area (Å²) in [4.78, 5) is 22.8. The third-order valence-electron chi connectivity index (χ3n) is 5.11. The molecule has 1 aromatic heterocycles. The number of nitrogens with zero attached hydrogens (tertiary/aromatic N) is 3. The van der Waals surface area contributed by atoms with Crippen molar-refractivity contribution in [3.8, 4) is 11.5 Å². The number of aromatic nitrogens is 2. The number of carbonyl (C=O) groups is 1. The van der Waals surface area contributed by atoms with Gasteiger partial charge >= 0.3 is 0 Å². The quantitative estimate of drug-likeness (QED) is 0.248. The highest BCUT2D eigenvalue weighted by molar-refractivity contribution is 6.27. The van der Waals surface area contributed by atoms with Crippen LogP contribution in [0.15, 0.2) is 12.1 Å². The van der Waals surface area contributed by atoms with Crippen LogP contribution in [0.3, 0.4) is 0 Å². The highest BCUT2D eigenvalue weighted by Gasteiger charge is 2.13. The van der Waals surface area contributed by atoms with Gasteiger partial charge in [0.2, 0.25) is 11.9 Å². The second-order valence-corrected chi connectivity index (χ2v) is 8.30. The molecule has 0 aliphatic carbocycles. The van der Waals surface area contributed by atoms with Gasteiger partial charge in [-0.25, -0.2) is 4.98 Å². The van der Waals surface area contributed by atoms with Crippen molar-refractivity contribution >= 4 is 40.2 Å². The molecule has 0 unspecified atom stereocenters. The maximum atomic E-state index is 11.2. The first-order valence-electron chi connectivity index (χ1n) is 11.4. The average molecular weight is 481 g/mol. The zero-order valence-corrected chi connectivity index (χ0v) is 20.9. The summed E-state index contributed by atoms with van der Waals surface area (Å²) in [6.45, 7) is 3.10. The molecule has 0 spiro atoms. The van der Waals surface area contributed by atoms with Gasteiger partial charge in [0.25, 0.3) is 0 Å². The minimum atomic E-state index is -0.173. The van der Waals surface area contributed by atoms with Gasteiger partial charge in [-0.05, 0) is 46.0 Å². The lowest BCUT2D eigenvalue weighted by Gasteiger charge is -2.14. The Labute approximate surface area is 201 Å². The molecule has 0 bridgehead atoms. The Balaban J connectivity index is 2.06. The molecule has 0 radical (unpaired) electrons. The number of alkyl halides is 1. The average Bonchev–Trinajstić information content (AvgIpc) is 2.81. The number of anilines is 2. The van der Waals surface area contributed by atoms with Gasteiger partial charge in [0.15, 0.2) is 11.5 Å². The number of unbranched alkanes of at least 4 members (excludes halogenated alkanes) is 3. The van der Waals surface area contributed by atoms with Crippen molar-refractivity contribution in [2.24, 2.45) is 0 Å². The summed E-state index contributed by atoms with van der Waals surface area (Å²) in [6, 6.07) is 3.76. The summed E-state index contributed by atoms with van der Waals surface area (Å²) in [7, 11) is 7.43. The fraction of sp³-hybridized carbons (Fsp3) is 0.609. The maximum Gasteiger partial charge on any atom is 0.234 e. The molecule has 0 aliphatic heterocycles. The molecule has 184 valence electrons. The first-order chi connectivity index (χ1) is 16.0. The van der Waals surface area contributed by atoms with Gasteiger partial charge in [-0.2, -0.15) is 4.98 Å². The van der Waals surface area contributed by atoms with Crippen LogP contribution in [-0.2, 0) is 4.79 Å². The number of hydrogen-bond donors (Lipinski definition) is 3. The fourth-order valence-electron chi connectivity index (χ4n) is 3.35. The summed E-state index contributed by atoms with van der Waals surface area (Å²) in [6.07, 6.45) is 5.38. The van der Waals surface area contributed by atoms with Crippen molar-refractivity contribution in [3.63, 3.8) is 0 Å². The van der Waals surface area contributed by atoms with E-state index in [2.05, 4.69) is 39.9 Å². The van der Waals surface area contributed by atoms with Gasteiger partial charge in [0, 0.05) is 31.1 Å². The van der Waals surface area contributed by atoms with E-state index in [1.165, 1.54) is 19.3 Å². The van der Waals surface area contributed by atoms with Crippen molar-refractivity contribution in [1.29, 1.82) is 0 Å². The molecule has 1 aromatic carbocycles. The van der Waals surface area contributed by atoms with Crippen LogP contribution in [0.4, 0.5) is 11.8 Å². The van der Waals surface area contributed by atoms with Gasteiger partial charge < -0.3 is 30.3 Å². The lowest BCUT2D eigenvalue weighted by Crippen LogP contribution is -2.26. The van der Waals surface area contributed by atoms with E-state index in [4.69, 9.17) is 26.1 Å². The predicted octanol–water partition coefficient (Wildman–Crippen LogP) is 3.34. The van der Waals surface area contributed by atoms with Gasteiger partial charge in [-0.3, -0.25) is 4.79 Å². The number of ether oxygens (including phenoxy) is 2. The number of rotatable bonds is 16. The summed E-state index contributed by atoms with van der Waals surface area (Å²) >= 11 is 5.49. The SMILES string of the molecule is COc1cc2nc(NCCCNC(=O)CCl)nc(NCCCCCCN(C)C)c2cc1OC. The second kappa shape index (κ2) is 14.6. The van der Waals surface area contributed by atoms with E-state index in [1.807, 2.05) is 12.1 Å². The van der Waals surface area contributed by atoms with Gasteiger partial charge in [0.05, 0.1) is 19.7 Å². The molecule has 2 aromatic rings. The van der Waals surface area contributed by atoms with Crippen LogP contribution < -0.4 is 25.4 Å². The Morgan fingerprint density at radius 3 is 2.33 bits per heavy atom. The van der Waals surface area contributed by atoms with Crippen molar-refractivity contribution in [2.75, 3.05) is 71.0 Å². The second-order valence-electron chi connectivity index (χ2n) is 8.03. The van der Waals surface area contributed by atoms with E-state index in [0.717, 1.165) is 42.7 Å². The number of methoxy groups -OCH3 is 2. The van der Waals surface area contributed by atoms with Crippen molar-refractivity contribution in [3.05, 3.63) is 12.1 Å². The first kappa shape index (κ1) is 26.7. The Bertz CT molecular complexity index is 881. The van der Waals surface area contributed by atoms with E-state index in [9.17, 15) is 4.79 Å². The Hall–Kier alpha value is -2.52. The van der Waals surface area contributed by atoms with Crippen molar-refractivity contribution in [2.45, 2.75) is 32.1 Å². The molecule has 0 atom stereocenters. The van der Waals surface area contributed by atoms with Crippen LogP contribution in [0.2, 0.25) is 0 Å². The molecule has 2 rings (SSSR count). The molecular formula is C23H37ClN6O3. The topological polar surface area (TPSA) is 101 Å². The third kappa shape index (κ3) is 9.09. The van der Waals surface area contributed by atoms with Crippen LogP contribution >= 0.6 is 11.6 Å². The smallest absolute Gasteiger partial charge is 0.234 e. The first-order valence-corrected chi connectivity index (χ1v) is 11.9. The highest BCUT2D eigenvalue weighted by Crippen LogP contribution is 2.34. The fourth-order valence-corrected chi connectivity index (χ4v) is 3.44. The summed E-state index contributed by atoms with van der Waals surface area (Å²) in [5.74, 6) is 2.32. The minimum absolute atomic E-state index is 0.0306. The Kier molecular flexibility index (Phi) is 11.8. The van der Waals surface area contributed by atoms with E-state index in [0.29, 0.717) is 30.5 Å². The molecule has 1 heterocycles. The lowest BCUT2D eigenvalue weighted by molar-refractivity contribution is -0.118. The van der Waals surface area contributed by atoms with E-state index in [1.54, 1.807) is 14.2 Å². The van der Waals surface area contributed by atoms with E-state index < -0.39 is 0 Å². The number of hydrogen-bond acceptors (Lipinski definition) is 8. The molecule has 0 saturated carbocycles. The number of benzene rings is 1. The third-order valence-corrected chi connectivity index (χ3v) is 5.35. The molecular weight excluding hydrogens is 444 g/mol. The molecule has 3 N–H and O–H groups in total. The van der Waals surface area contributed by atoms with Crippen LogP contribution in [0.25, 0.3) is 10.9 Å². The highest BCUT2D eigenvalue weighted by atomic mass is 35.5. The molecule has 0 saturated heterocycles. The van der Waals surface area contributed by atoms with Gasteiger partial charge in [-0.15, -0.1) is 11.6 Å². The van der Waals surface area contributed by atoms with Gasteiger partial charge in [0.1, 0.15) is 11.7 Å². The largest absolute Gasteiger partial charge is 0.493 e. The Morgan fingerprint density at radius 2 is 1.64 bits per heavy atom. The summed E-state index contributed by atoms with van der Waals surface area (Å²) in [5.41, 5.74) is 0.758. The molecule has 10 heteroatoms. The van der Waals surface area contributed by atoms with Crippen molar-refractivity contribution in [1.82, 2.24) is 20.2 Å². The normalized spacial score (nSPS) is 11.0. The Morgan fingerprint density at radius 1 is 0.939 bits per heavy atom. The lowest BCUT2D eigenvalue weighted by atomic mass is 10.1. The van der Waals surface area contributed by atoms with E-state index >= 15 is 0 Å². The minimum Gasteiger partial charge on any atom is -0.493 e. The monoisotopic (exact) mass is 480 g/mol.